The van der Waals surface area contributed by atoms with Gasteiger partial charge >= 0.3 is 0 Å². The van der Waals surface area contributed by atoms with E-state index in [1.165, 1.54) is 23.4 Å². The summed E-state index contributed by atoms with van der Waals surface area (Å²) in [4.78, 5) is 11.4. The first-order chi connectivity index (χ1) is 8.51. The molecule has 0 aliphatic carbocycles. The third-order valence-electron chi connectivity index (χ3n) is 2.81. The first kappa shape index (κ1) is 13.2. The Balaban J connectivity index is 2.34. The molecular weight excluding hydrogens is 254 g/mol. The maximum atomic E-state index is 12.3. The molecule has 98 valence electrons. The monoisotopic (exact) mass is 269 g/mol. The third kappa shape index (κ3) is 2.60. The second kappa shape index (κ2) is 5.17. The number of ketones is 1. The van der Waals surface area contributed by atoms with E-state index in [1.807, 2.05) is 0 Å². The van der Waals surface area contributed by atoms with Crippen molar-refractivity contribution in [3.63, 3.8) is 0 Å². The van der Waals surface area contributed by atoms with Gasteiger partial charge in [-0.1, -0.05) is 12.1 Å². The Kier molecular flexibility index (Phi) is 3.79. The molecule has 0 spiro atoms. The first-order valence-electron chi connectivity index (χ1n) is 5.71. The van der Waals surface area contributed by atoms with E-state index in [2.05, 4.69) is 0 Å². The fourth-order valence-electron chi connectivity index (χ4n) is 1.79. The molecule has 2 rings (SSSR count). The molecule has 0 unspecified atom stereocenters. The molecule has 0 N–H and O–H groups in total. The van der Waals surface area contributed by atoms with Crippen LogP contribution in [0, 0.1) is 0 Å². The molecule has 1 heterocycles. The third-order valence-corrected chi connectivity index (χ3v) is 4.63. The van der Waals surface area contributed by atoms with Gasteiger partial charge in [-0.2, -0.15) is 4.31 Å². The van der Waals surface area contributed by atoms with Crippen LogP contribution in [0.2, 0.25) is 0 Å². The second-order valence-corrected chi connectivity index (χ2v) is 6.09. The largest absolute Gasteiger partial charge is 0.365 e. The summed E-state index contributed by atoms with van der Waals surface area (Å²) < 4.78 is 31.0. The van der Waals surface area contributed by atoms with Crippen LogP contribution in [0.1, 0.15) is 23.7 Å². The van der Waals surface area contributed by atoms with Gasteiger partial charge in [0, 0.05) is 18.7 Å². The van der Waals surface area contributed by atoms with E-state index in [-0.39, 0.29) is 17.4 Å². The molecule has 1 saturated heterocycles. The number of hydrogen-bond donors (Lipinski definition) is 0. The second-order valence-electron chi connectivity index (χ2n) is 4.16. The zero-order valence-electron chi connectivity index (χ0n) is 10.1. The summed E-state index contributed by atoms with van der Waals surface area (Å²) in [5.74, 6) is -0.151. The number of carbonyl (C=O) groups is 1. The van der Waals surface area contributed by atoms with E-state index in [4.69, 9.17) is 4.74 Å². The molecule has 1 fully saturated rings. The van der Waals surface area contributed by atoms with E-state index in [0.717, 1.165) is 0 Å². The lowest BCUT2D eigenvalue weighted by atomic mass is 10.2. The fraction of sp³-hybridized carbons (Fsp3) is 0.417. The molecule has 0 aromatic heterocycles. The lowest BCUT2D eigenvalue weighted by Gasteiger charge is -2.26. The number of Topliss-reactive ketones (excluding diaryl/α,β-unsaturated/α-hetero) is 1. The Labute approximate surface area is 106 Å². The van der Waals surface area contributed by atoms with Crippen molar-refractivity contribution in [2.75, 3.05) is 19.9 Å². The van der Waals surface area contributed by atoms with E-state index < -0.39 is 10.0 Å². The van der Waals surface area contributed by atoms with Gasteiger partial charge in [0.2, 0.25) is 10.0 Å². The van der Waals surface area contributed by atoms with Crippen LogP contribution in [0.3, 0.4) is 0 Å². The van der Waals surface area contributed by atoms with Gasteiger partial charge in [0.15, 0.2) is 5.78 Å². The number of benzene rings is 1. The van der Waals surface area contributed by atoms with Gasteiger partial charge in [0.1, 0.15) is 6.73 Å². The molecule has 18 heavy (non-hydrogen) atoms. The Morgan fingerprint density at radius 1 is 1.39 bits per heavy atom. The van der Waals surface area contributed by atoms with Gasteiger partial charge in [0.05, 0.1) is 4.90 Å². The summed E-state index contributed by atoms with van der Waals surface area (Å²) in [5.41, 5.74) is 0.397. The average molecular weight is 269 g/mol. The minimum Gasteiger partial charge on any atom is -0.365 e. The molecule has 0 radical (unpaired) electrons. The van der Waals surface area contributed by atoms with Crippen molar-refractivity contribution in [2.24, 2.45) is 0 Å². The Morgan fingerprint density at radius 2 is 2.17 bits per heavy atom. The topological polar surface area (TPSA) is 63.7 Å². The van der Waals surface area contributed by atoms with Crippen LogP contribution in [0.4, 0.5) is 0 Å². The van der Waals surface area contributed by atoms with Crippen LogP contribution in [-0.2, 0) is 14.8 Å². The highest BCUT2D eigenvalue weighted by molar-refractivity contribution is 7.89. The van der Waals surface area contributed by atoms with Gasteiger partial charge in [-0.05, 0) is 25.5 Å². The lowest BCUT2D eigenvalue weighted by molar-refractivity contribution is 0.0313. The quantitative estimate of drug-likeness (QED) is 0.775. The Morgan fingerprint density at radius 3 is 2.78 bits per heavy atom. The van der Waals surface area contributed by atoms with Gasteiger partial charge in [-0.3, -0.25) is 4.79 Å². The summed E-state index contributed by atoms with van der Waals surface area (Å²) >= 11 is 0. The summed E-state index contributed by atoms with van der Waals surface area (Å²) in [7, 11) is -3.56. The highest BCUT2D eigenvalue weighted by Crippen LogP contribution is 2.19. The molecule has 0 amide bonds. The van der Waals surface area contributed by atoms with Crippen molar-refractivity contribution in [1.82, 2.24) is 4.31 Å². The summed E-state index contributed by atoms with van der Waals surface area (Å²) in [6, 6.07) is 6.09. The van der Waals surface area contributed by atoms with E-state index in [1.54, 1.807) is 12.1 Å². The minimum atomic E-state index is -3.56. The Hall–Kier alpha value is -1.24. The minimum absolute atomic E-state index is 0.0760. The van der Waals surface area contributed by atoms with Crippen molar-refractivity contribution in [3.8, 4) is 0 Å². The van der Waals surface area contributed by atoms with Crippen LogP contribution < -0.4 is 0 Å². The molecule has 6 heteroatoms. The molecule has 0 bridgehead atoms. The molecule has 5 nitrogen and oxygen atoms in total. The van der Waals surface area contributed by atoms with Crippen molar-refractivity contribution < 1.29 is 17.9 Å². The number of nitrogens with zero attached hydrogens (tertiary/aromatic N) is 1. The highest BCUT2D eigenvalue weighted by atomic mass is 32.2. The predicted octanol–water partition coefficient (Wildman–Crippen LogP) is 1.26. The molecule has 0 saturated carbocycles. The first-order valence-corrected chi connectivity index (χ1v) is 7.15. The van der Waals surface area contributed by atoms with Crippen molar-refractivity contribution in [3.05, 3.63) is 29.8 Å². The zero-order valence-corrected chi connectivity index (χ0v) is 10.9. The smallest absolute Gasteiger partial charge is 0.245 e. The lowest BCUT2D eigenvalue weighted by Crippen LogP contribution is -2.38. The summed E-state index contributed by atoms with van der Waals surface area (Å²) in [5, 5.41) is 0. The van der Waals surface area contributed by atoms with Crippen LogP contribution in [-0.4, -0.2) is 38.4 Å². The van der Waals surface area contributed by atoms with Crippen LogP contribution in [0.5, 0.6) is 0 Å². The molecular formula is C12H15NO4S. The van der Waals surface area contributed by atoms with Crippen LogP contribution in [0.25, 0.3) is 0 Å². The number of sulfonamides is 1. The van der Waals surface area contributed by atoms with Gasteiger partial charge in [-0.15, -0.1) is 0 Å². The SMILES string of the molecule is CC(=O)c1cccc(S(=O)(=O)N2CCCOC2)c1. The van der Waals surface area contributed by atoms with Gasteiger partial charge in [-0.25, -0.2) is 8.42 Å². The standard InChI is InChI=1S/C12H15NO4S/c1-10(14)11-4-2-5-12(8-11)18(15,16)13-6-3-7-17-9-13/h2,4-5,8H,3,6-7,9H2,1H3. The molecule has 0 atom stereocenters. The van der Waals surface area contributed by atoms with Gasteiger partial charge < -0.3 is 4.74 Å². The summed E-state index contributed by atoms with van der Waals surface area (Å²) in [6.07, 6.45) is 0.686. The maximum Gasteiger partial charge on any atom is 0.245 e. The average Bonchev–Trinajstić information content (AvgIpc) is 2.40. The highest BCUT2D eigenvalue weighted by Gasteiger charge is 2.26. The molecule has 1 aromatic rings. The zero-order chi connectivity index (χ0) is 13.2. The van der Waals surface area contributed by atoms with E-state index in [9.17, 15) is 13.2 Å². The van der Waals surface area contributed by atoms with E-state index in [0.29, 0.717) is 25.1 Å². The fourth-order valence-corrected chi connectivity index (χ4v) is 3.20. The summed E-state index contributed by atoms with van der Waals surface area (Å²) in [6.45, 7) is 2.52. The normalized spacial score (nSPS) is 17.6. The van der Waals surface area contributed by atoms with Crippen LogP contribution in [0.15, 0.2) is 29.2 Å². The molecule has 1 aliphatic heterocycles. The Bertz CT molecular complexity index is 547. The van der Waals surface area contributed by atoms with Crippen molar-refractivity contribution in [2.45, 2.75) is 18.2 Å². The number of hydrogen-bond acceptors (Lipinski definition) is 4. The van der Waals surface area contributed by atoms with Gasteiger partial charge in [0.25, 0.3) is 0 Å². The van der Waals surface area contributed by atoms with Crippen molar-refractivity contribution in [1.29, 1.82) is 0 Å². The number of carbonyl (C=O) groups excluding carboxylic acids is 1. The number of rotatable bonds is 3. The van der Waals surface area contributed by atoms with E-state index >= 15 is 0 Å². The predicted molar refractivity (Wildman–Crippen MR) is 65.8 cm³/mol. The van der Waals surface area contributed by atoms with Crippen LogP contribution >= 0.6 is 0 Å². The maximum absolute atomic E-state index is 12.3. The molecule has 1 aliphatic rings. The number of ether oxygens (including phenoxy) is 1. The van der Waals surface area contributed by atoms with Crippen molar-refractivity contribution >= 4 is 15.8 Å². The molecule has 1 aromatic carbocycles.